The van der Waals surface area contributed by atoms with Gasteiger partial charge in [-0.15, -0.1) is 0 Å². The number of rotatable bonds is 0. The molecule has 1 rings (SSSR count). The zero-order valence-electron chi connectivity index (χ0n) is 3.46. The standard InChI is InChI=1S/C5H5.Pr/c1-2-4-5-3-1;/h1-5H;. The van der Waals surface area contributed by atoms with Gasteiger partial charge in [0.1, 0.15) is 0 Å². The molecule has 0 bridgehead atoms. The molecule has 6 heavy (non-hydrogen) atoms. The molecule has 0 heterocycles. The van der Waals surface area contributed by atoms with Crippen molar-refractivity contribution in [3.8, 4) is 0 Å². The molecule has 0 aliphatic heterocycles. The summed E-state index contributed by atoms with van der Waals surface area (Å²) in [5, 5.41) is 0. The van der Waals surface area contributed by atoms with Crippen molar-refractivity contribution in [1.29, 1.82) is 0 Å². The Labute approximate surface area is 71.3 Å². The molecule has 0 aromatic carbocycles. The van der Waals surface area contributed by atoms with Gasteiger partial charge in [0.15, 0.2) is 0 Å². The largest absolute Gasteiger partial charge is 0.0767 e. The average Bonchev–Trinajstić information content (AvgIpc) is 1.76. The van der Waals surface area contributed by atoms with Gasteiger partial charge in [-0.1, -0.05) is 24.3 Å². The number of hydrogen-bond donors (Lipinski definition) is 0. The van der Waals surface area contributed by atoms with Crippen LogP contribution in [-0.2, 0) is 0 Å². The Morgan fingerprint density at radius 3 is 1.33 bits per heavy atom. The maximum absolute atomic E-state index is 2.00. The van der Waals surface area contributed by atoms with Crippen LogP contribution in [0.3, 0.4) is 0 Å². The first-order valence-corrected chi connectivity index (χ1v) is 1.67. The molecular formula is C5H5Pr. The summed E-state index contributed by atoms with van der Waals surface area (Å²) < 4.78 is 0. The molecule has 0 unspecified atom stereocenters. The monoisotopic (exact) mass is 206 g/mol. The van der Waals surface area contributed by atoms with E-state index in [-0.39, 0.29) is 41.3 Å². The quantitative estimate of drug-likeness (QED) is 0.560. The van der Waals surface area contributed by atoms with Gasteiger partial charge in [-0.25, -0.2) is 0 Å². The SMILES string of the molecule is [CH]1C=CC=C1.[Pr]. The molecule has 0 saturated heterocycles. The van der Waals surface area contributed by atoms with Gasteiger partial charge in [0.05, 0.1) is 0 Å². The maximum Gasteiger partial charge on any atom is 0.00506 e. The van der Waals surface area contributed by atoms with Gasteiger partial charge >= 0.3 is 0 Å². The minimum absolute atomic E-state index is 0. The smallest absolute Gasteiger partial charge is 0.00506 e. The molecule has 0 atom stereocenters. The van der Waals surface area contributed by atoms with Gasteiger partial charge in [-0.3, -0.25) is 0 Å². The fraction of sp³-hybridized carbons (Fsp3) is 0. The Balaban J connectivity index is 0.000000250. The summed E-state index contributed by atoms with van der Waals surface area (Å²) in [6.07, 6.45) is 10.0. The van der Waals surface area contributed by atoms with Crippen molar-refractivity contribution in [2.24, 2.45) is 0 Å². The summed E-state index contributed by atoms with van der Waals surface area (Å²) in [7, 11) is 0. The predicted octanol–water partition coefficient (Wildman–Crippen LogP) is 1.32. The van der Waals surface area contributed by atoms with E-state index in [4.69, 9.17) is 0 Å². The molecule has 0 aromatic rings. The van der Waals surface area contributed by atoms with Gasteiger partial charge in [-0.05, 0) is 0 Å². The van der Waals surface area contributed by atoms with Crippen LogP contribution in [0.1, 0.15) is 0 Å². The Bertz CT molecular complexity index is 62.0. The van der Waals surface area contributed by atoms with E-state index in [0.717, 1.165) is 0 Å². The van der Waals surface area contributed by atoms with E-state index in [9.17, 15) is 0 Å². The molecule has 0 saturated carbocycles. The second-order valence-corrected chi connectivity index (χ2v) is 0.962. The normalized spacial score (nSPS) is 14.7. The summed E-state index contributed by atoms with van der Waals surface area (Å²) in [5.74, 6) is 0. The van der Waals surface area contributed by atoms with Crippen molar-refractivity contribution in [3.05, 3.63) is 30.7 Å². The van der Waals surface area contributed by atoms with Gasteiger partial charge in [0, 0.05) is 47.7 Å². The Morgan fingerprint density at radius 1 is 0.667 bits per heavy atom. The van der Waals surface area contributed by atoms with Crippen molar-refractivity contribution in [1.82, 2.24) is 0 Å². The van der Waals surface area contributed by atoms with Crippen LogP contribution in [0.2, 0.25) is 0 Å². The van der Waals surface area contributed by atoms with E-state index in [1.165, 1.54) is 0 Å². The van der Waals surface area contributed by atoms with Crippen LogP contribution in [0.25, 0.3) is 0 Å². The topological polar surface area (TPSA) is 0 Å². The van der Waals surface area contributed by atoms with Gasteiger partial charge < -0.3 is 0 Å². The van der Waals surface area contributed by atoms with Crippen LogP contribution in [0, 0.1) is 47.7 Å². The Kier molecular flexibility index (Phi) is 4.58. The first-order chi connectivity index (χ1) is 2.50. The molecular weight excluding hydrogens is 201 g/mol. The van der Waals surface area contributed by atoms with Crippen LogP contribution in [-0.4, -0.2) is 0 Å². The molecule has 28 valence electrons. The van der Waals surface area contributed by atoms with Crippen molar-refractivity contribution in [3.63, 3.8) is 0 Å². The minimum Gasteiger partial charge on any atom is -0.0767 e. The Hall–Kier alpha value is 0.844. The summed E-state index contributed by atoms with van der Waals surface area (Å²) in [6.45, 7) is 0. The Morgan fingerprint density at radius 2 is 1.17 bits per heavy atom. The van der Waals surface area contributed by atoms with Crippen LogP contribution < -0.4 is 0 Å². The fourth-order valence-corrected chi connectivity index (χ4v) is 0.321. The number of allylic oxidation sites excluding steroid dienone is 4. The van der Waals surface area contributed by atoms with Crippen LogP contribution in [0.15, 0.2) is 24.3 Å². The molecule has 1 aliphatic carbocycles. The third-order valence-electron chi connectivity index (χ3n) is 0.556. The first kappa shape index (κ1) is 6.84. The van der Waals surface area contributed by atoms with E-state index in [0.29, 0.717) is 0 Å². The summed E-state index contributed by atoms with van der Waals surface area (Å²) in [5.41, 5.74) is 0. The molecule has 0 N–H and O–H groups in total. The fourth-order valence-electron chi connectivity index (χ4n) is 0.321. The van der Waals surface area contributed by atoms with Crippen LogP contribution >= 0.6 is 0 Å². The average molecular weight is 206 g/mol. The second kappa shape index (κ2) is 4.01. The zero-order chi connectivity index (χ0) is 3.54. The third-order valence-corrected chi connectivity index (χ3v) is 0.556. The summed E-state index contributed by atoms with van der Waals surface area (Å²) in [4.78, 5) is 0. The predicted molar refractivity (Wildman–Crippen MR) is 22.6 cm³/mol. The van der Waals surface area contributed by atoms with Crippen LogP contribution in [0.5, 0.6) is 0 Å². The summed E-state index contributed by atoms with van der Waals surface area (Å²) in [6, 6.07) is 0. The van der Waals surface area contributed by atoms with Gasteiger partial charge in [0.25, 0.3) is 0 Å². The minimum atomic E-state index is 0. The number of hydrogen-bond acceptors (Lipinski definition) is 0. The molecule has 0 fully saturated rings. The van der Waals surface area contributed by atoms with E-state index < -0.39 is 0 Å². The second-order valence-electron chi connectivity index (χ2n) is 0.962. The zero-order valence-corrected chi connectivity index (χ0v) is 7.17. The van der Waals surface area contributed by atoms with E-state index in [2.05, 4.69) is 0 Å². The van der Waals surface area contributed by atoms with E-state index in [1.54, 1.807) is 0 Å². The molecule has 1 aliphatic rings. The van der Waals surface area contributed by atoms with Crippen molar-refractivity contribution < 1.29 is 41.3 Å². The molecule has 0 nitrogen and oxygen atoms in total. The van der Waals surface area contributed by atoms with Crippen molar-refractivity contribution in [2.45, 2.75) is 0 Å². The van der Waals surface area contributed by atoms with E-state index in [1.807, 2.05) is 30.7 Å². The molecule has 1 heteroatoms. The van der Waals surface area contributed by atoms with Crippen LogP contribution in [0.4, 0.5) is 0 Å². The van der Waals surface area contributed by atoms with Crippen molar-refractivity contribution in [2.75, 3.05) is 0 Å². The summed E-state index contributed by atoms with van der Waals surface area (Å²) >= 11 is 0. The van der Waals surface area contributed by atoms with E-state index >= 15 is 0 Å². The maximum atomic E-state index is 2.00. The third kappa shape index (κ3) is 2.10. The van der Waals surface area contributed by atoms with Crippen molar-refractivity contribution >= 4 is 0 Å². The molecule has 2 radical (unpaired) electrons. The molecule has 0 spiro atoms. The van der Waals surface area contributed by atoms with Gasteiger partial charge in [-0.2, -0.15) is 0 Å². The first-order valence-electron chi connectivity index (χ1n) is 1.67. The van der Waals surface area contributed by atoms with Gasteiger partial charge in [0.2, 0.25) is 0 Å². The molecule has 0 aromatic heterocycles. The molecule has 0 amide bonds.